The lowest BCUT2D eigenvalue weighted by Crippen LogP contribution is -2.10. The fourth-order valence-corrected chi connectivity index (χ4v) is 8.88. The molecule has 4 heterocycles. The second kappa shape index (κ2) is 14.3. The van der Waals surface area contributed by atoms with E-state index in [2.05, 4.69) is 82.5 Å². The van der Waals surface area contributed by atoms with E-state index >= 15 is 0 Å². The van der Waals surface area contributed by atoms with Crippen molar-refractivity contribution in [1.29, 1.82) is 0 Å². The van der Waals surface area contributed by atoms with Gasteiger partial charge in [-0.05, 0) is 88.1 Å². The Bertz CT molecular complexity index is 4410. The second-order valence-electron chi connectivity index (χ2n) is 18.2. The maximum absolute atomic E-state index is 9.32. The van der Waals surface area contributed by atoms with Crippen LogP contribution in [0, 0.1) is 0 Å². The Balaban J connectivity index is 1.20. The Kier molecular flexibility index (Phi) is 5.62. The smallest absolute Gasteiger partial charge is 0.240 e. The standard InChI is InChI=1S/C59H48N6/c1-58(2,3)39-30-32-53-46(35-39)47-36-40(59(4,5)6)31-33-54(47)63(53)48-25-12-7-20-41(48)37-18-17-19-38(34-37)55-60-56(64-49-26-13-8-21-42(49)43-22-9-14-27-50(43)64)62-57(61-55)65-51-28-15-10-23-44(51)45-24-11-16-29-52(45)65/h7-36H,1-6H3/i8D,9D,10D,11D,13D,14D,15D,16D,21D,22D,23D,24D,26D,27D,28D,29D. The van der Waals surface area contributed by atoms with Gasteiger partial charge in [-0.25, -0.2) is 0 Å². The molecule has 0 spiro atoms. The van der Waals surface area contributed by atoms with Crippen LogP contribution in [-0.4, -0.2) is 28.7 Å². The molecule has 4 aromatic heterocycles. The molecule has 0 N–H and O–H groups in total. The second-order valence-corrected chi connectivity index (χ2v) is 18.2. The Morgan fingerprint density at radius 2 is 0.815 bits per heavy atom. The highest BCUT2D eigenvalue weighted by molar-refractivity contribution is 6.12. The molecular formula is C59H48N6. The highest BCUT2D eigenvalue weighted by atomic mass is 15.3. The topological polar surface area (TPSA) is 53.5 Å². The molecule has 65 heavy (non-hydrogen) atoms. The summed E-state index contributed by atoms with van der Waals surface area (Å²) in [6.45, 7) is 13.1. The van der Waals surface area contributed by atoms with Gasteiger partial charge in [-0.2, -0.15) is 15.0 Å². The van der Waals surface area contributed by atoms with Crippen molar-refractivity contribution in [2.75, 3.05) is 0 Å². The summed E-state index contributed by atoms with van der Waals surface area (Å²) in [5.41, 5.74) is 5.35. The first-order valence-corrected chi connectivity index (χ1v) is 21.2. The molecule has 0 aliphatic carbocycles. The highest BCUT2D eigenvalue weighted by Crippen LogP contribution is 2.41. The third-order valence-electron chi connectivity index (χ3n) is 12.2. The minimum atomic E-state index is -0.699. The van der Waals surface area contributed by atoms with Crippen LogP contribution in [0.15, 0.2) is 182 Å². The zero-order valence-corrected chi connectivity index (χ0v) is 36.3. The van der Waals surface area contributed by atoms with Crippen molar-refractivity contribution < 1.29 is 21.9 Å². The first-order chi connectivity index (χ1) is 38.1. The van der Waals surface area contributed by atoms with Gasteiger partial charge in [0.25, 0.3) is 0 Å². The third-order valence-corrected chi connectivity index (χ3v) is 12.2. The van der Waals surface area contributed by atoms with Crippen LogP contribution < -0.4 is 0 Å². The minimum absolute atomic E-state index is 0.136. The van der Waals surface area contributed by atoms with Gasteiger partial charge in [-0.15, -0.1) is 0 Å². The van der Waals surface area contributed by atoms with E-state index in [4.69, 9.17) is 31.4 Å². The summed E-state index contributed by atoms with van der Waals surface area (Å²) < 4.78 is 148. The number of rotatable bonds is 5. The average Bonchev–Trinajstić information content (AvgIpc) is 3.92. The molecule has 12 rings (SSSR count). The Labute approximate surface area is 400 Å². The van der Waals surface area contributed by atoms with Gasteiger partial charge in [-0.3, -0.25) is 9.13 Å². The van der Waals surface area contributed by atoms with E-state index in [9.17, 15) is 5.48 Å². The number of hydrogen-bond donors (Lipinski definition) is 0. The van der Waals surface area contributed by atoms with E-state index in [0.717, 1.165) is 42.2 Å². The SMILES string of the molecule is [2H]c1c([2H])c([2H])c2c(c1[2H])c1c([2H])c([2H])c([2H])c([2H])c1n2-c1nc(-c2cccc(-c3ccccc3-n3c4ccc(C(C)(C)C)cc4c4cc(C(C)(C)C)ccc43)c2)nc(-n2c3c([2H])c([2H])c([2H])c([2H])c3c3c([2H])c([2H])c([2H])c([2H])c32)n1. The molecule has 8 aromatic carbocycles. The molecule has 0 bridgehead atoms. The van der Waals surface area contributed by atoms with Crippen LogP contribution in [-0.2, 0) is 10.8 Å². The maximum atomic E-state index is 9.32. The van der Waals surface area contributed by atoms with Gasteiger partial charge in [0.05, 0.1) is 60.7 Å². The van der Waals surface area contributed by atoms with Crippen LogP contribution in [0.25, 0.3) is 106 Å². The van der Waals surface area contributed by atoms with Gasteiger partial charge in [0.2, 0.25) is 11.9 Å². The summed E-state index contributed by atoms with van der Waals surface area (Å²) in [4.78, 5) is 14.8. The molecule has 0 unspecified atom stereocenters. The van der Waals surface area contributed by atoms with Crippen molar-refractivity contribution in [1.82, 2.24) is 28.7 Å². The van der Waals surface area contributed by atoms with Gasteiger partial charge < -0.3 is 4.57 Å². The van der Waals surface area contributed by atoms with Crippen molar-refractivity contribution in [2.24, 2.45) is 0 Å². The lowest BCUT2D eigenvalue weighted by Gasteiger charge is -2.19. The molecule has 0 aliphatic rings. The minimum Gasteiger partial charge on any atom is -0.309 e. The van der Waals surface area contributed by atoms with E-state index in [1.807, 2.05) is 36.4 Å². The summed E-state index contributed by atoms with van der Waals surface area (Å²) in [7, 11) is 0. The summed E-state index contributed by atoms with van der Waals surface area (Å²) in [6, 6.07) is 17.8. The largest absolute Gasteiger partial charge is 0.309 e. The molecule has 0 amide bonds. The number of hydrogen-bond acceptors (Lipinski definition) is 3. The van der Waals surface area contributed by atoms with E-state index < -0.39 is 109 Å². The Morgan fingerprint density at radius 1 is 0.385 bits per heavy atom. The van der Waals surface area contributed by atoms with Gasteiger partial charge in [0.1, 0.15) is 0 Å². The number of nitrogens with zero attached hydrogens (tertiary/aromatic N) is 6. The molecular weight excluding hydrogens is 793 g/mol. The quantitative estimate of drug-likeness (QED) is 0.173. The van der Waals surface area contributed by atoms with Crippen molar-refractivity contribution in [3.8, 4) is 40.1 Å². The number of para-hydroxylation sites is 5. The van der Waals surface area contributed by atoms with E-state index in [-0.39, 0.29) is 60.3 Å². The molecule has 12 aromatic rings. The predicted octanol–water partition coefficient (Wildman–Crippen LogP) is 15.1. The Hall–Kier alpha value is -7.83. The Morgan fingerprint density at radius 3 is 1.28 bits per heavy atom. The average molecular weight is 857 g/mol. The van der Waals surface area contributed by atoms with Crippen molar-refractivity contribution in [3.05, 3.63) is 193 Å². The molecule has 6 nitrogen and oxygen atoms in total. The van der Waals surface area contributed by atoms with Crippen LogP contribution in [0.3, 0.4) is 0 Å². The molecule has 6 heteroatoms. The molecule has 0 saturated carbocycles. The fourth-order valence-electron chi connectivity index (χ4n) is 8.88. The normalized spacial score (nSPS) is 15.9. The maximum Gasteiger partial charge on any atom is 0.240 e. The van der Waals surface area contributed by atoms with Gasteiger partial charge in [0.15, 0.2) is 5.82 Å². The van der Waals surface area contributed by atoms with Crippen molar-refractivity contribution in [3.63, 3.8) is 0 Å². The van der Waals surface area contributed by atoms with Crippen LogP contribution in [0.1, 0.15) is 74.6 Å². The summed E-state index contributed by atoms with van der Waals surface area (Å²) >= 11 is 0. The van der Waals surface area contributed by atoms with Crippen molar-refractivity contribution in [2.45, 2.75) is 52.4 Å². The predicted molar refractivity (Wildman–Crippen MR) is 271 cm³/mol. The van der Waals surface area contributed by atoms with Gasteiger partial charge in [-0.1, -0.05) is 163 Å². The molecule has 0 saturated heterocycles. The first kappa shape index (κ1) is 25.5. The number of aromatic nitrogens is 6. The van der Waals surface area contributed by atoms with Gasteiger partial charge in [0, 0.05) is 43.4 Å². The zero-order chi connectivity index (χ0) is 58.1. The summed E-state index contributed by atoms with van der Waals surface area (Å²) in [5, 5.41) is 1.10. The van der Waals surface area contributed by atoms with Crippen LogP contribution in [0.5, 0.6) is 0 Å². The lowest BCUT2D eigenvalue weighted by molar-refractivity contribution is 0.590. The zero-order valence-electron chi connectivity index (χ0n) is 52.3. The number of fused-ring (bicyclic) bond motifs is 9. The van der Waals surface area contributed by atoms with Gasteiger partial charge >= 0.3 is 0 Å². The lowest BCUT2D eigenvalue weighted by atomic mass is 9.85. The molecule has 0 atom stereocenters. The summed E-state index contributed by atoms with van der Waals surface area (Å²) in [6.07, 6.45) is 0. The molecule has 314 valence electrons. The summed E-state index contributed by atoms with van der Waals surface area (Å²) in [5.74, 6) is -1.09. The van der Waals surface area contributed by atoms with Crippen LogP contribution in [0.4, 0.5) is 0 Å². The first-order valence-electron chi connectivity index (χ1n) is 29.2. The third kappa shape index (κ3) is 6.19. The van der Waals surface area contributed by atoms with Crippen LogP contribution in [0.2, 0.25) is 0 Å². The monoisotopic (exact) mass is 856 g/mol. The van der Waals surface area contributed by atoms with E-state index in [0.29, 0.717) is 11.1 Å². The number of benzene rings is 8. The molecule has 0 radical (unpaired) electrons. The fraction of sp³-hybridized carbons (Fsp3) is 0.136. The van der Waals surface area contributed by atoms with E-state index in [1.165, 1.54) is 11.1 Å². The van der Waals surface area contributed by atoms with Crippen LogP contribution >= 0.6 is 0 Å². The molecule has 0 fully saturated rings. The highest BCUT2D eigenvalue weighted by Gasteiger charge is 2.24. The van der Waals surface area contributed by atoms with E-state index in [1.54, 1.807) is 12.1 Å². The molecule has 0 aliphatic heterocycles. The van der Waals surface area contributed by atoms with Crippen molar-refractivity contribution >= 4 is 65.4 Å².